The van der Waals surface area contributed by atoms with Crippen LogP contribution in [-0.2, 0) is 17.9 Å². The van der Waals surface area contributed by atoms with Crippen LogP contribution in [-0.4, -0.2) is 30.5 Å². The zero-order valence-electron chi connectivity index (χ0n) is 15.3. The first kappa shape index (κ1) is 18.3. The van der Waals surface area contributed by atoms with E-state index in [1.54, 1.807) is 11.0 Å². The maximum absolute atomic E-state index is 12.9. The second kappa shape index (κ2) is 7.49. The van der Waals surface area contributed by atoms with E-state index in [1.807, 2.05) is 31.2 Å². The van der Waals surface area contributed by atoms with E-state index >= 15 is 0 Å². The van der Waals surface area contributed by atoms with Gasteiger partial charge in [0.25, 0.3) is 6.43 Å². The van der Waals surface area contributed by atoms with Gasteiger partial charge in [0.15, 0.2) is 0 Å². The highest BCUT2D eigenvalue weighted by Gasteiger charge is 2.30. The lowest BCUT2D eigenvalue weighted by molar-refractivity contribution is -0.117. The molecule has 4 rings (SSSR count). The van der Waals surface area contributed by atoms with Crippen molar-refractivity contribution in [2.45, 2.75) is 45.2 Å². The van der Waals surface area contributed by atoms with Crippen molar-refractivity contribution in [3.05, 3.63) is 59.2 Å². The minimum atomic E-state index is -2.65. The molecule has 0 saturated heterocycles. The molecule has 1 aliphatic rings. The Morgan fingerprint density at radius 2 is 2.07 bits per heavy atom. The highest BCUT2D eigenvalue weighted by Crippen LogP contribution is 2.41. The lowest BCUT2D eigenvalue weighted by Crippen LogP contribution is -2.21. The van der Waals surface area contributed by atoms with Crippen LogP contribution in [0.1, 0.15) is 47.7 Å². The average molecular weight is 386 g/mol. The van der Waals surface area contributed by atoms with Gasteiger partial charge in [-0.1, -0.05) is 24.3 Å². The number of aryl methyl sites for hydroxylation is 1. The lowest BCUT2D eigenvalue weighted by Gasteiger charge is -2.06. The summed E-state index contributed by atoms with van der Waals surface area (Å²) in [5.74, 6) is -0.0218. The van der Waals surface area contributed by atoms with Gasteiger partial charge in [0.05, 0.1) is 6.54 Å². The molecule has 0 spiro atoms. The fraction of sp³-hybridized carbons (Fsp3) is 0.368. The van der Waals surface area contributed by atoms with Crippen molar-refractivity contribution in [1.82, 2.24) is 24.5 Å². The smallest absolute Gasteiger partial charge is 0.282 e. The molecule has 1 N–H and O–H groups in total. The number of carbonyl (C=O) groups excluding carboxylic acids is 1. The molecule has 0 bridgehead atoms. The number of anilines is 1. The predicted molar refractivity (Wildman–Crippen MR) is 98.1 cm³/mol. The summed E-state index contributed by atoms with van der Waals surface area (Å²) in [6, 6.07) is 9.34. The van der Waals surface area contributed by atoms with Gasteiger partial charge in [-0.15, -0.1) is 5.10 Å². The first-order valence-electron chi connectivity index (χ1n) is 9.09. The minimum absolute atomic E-state index is 0.148. The van der Waals surface area contributed by atoms with Crippen molar-refractivity contribution < 1.29 is 13.6 Å². The summed E-state index contributed by atoms with van der Waals surface area (Å²) in [5.41, 5.74) is 2.64. The highest BCUT2D eigenvalue weighted by molar-refractivity contribution is 5.88. The number of hydrogen-bond donors (Lipinski definition) is 1. The summed E-state index contributed by atoms with van der Waals surface area (Å²) in [4.78, 5) is 16.4. The molecule has 7 nitrogen and oxygen atoms in total. The number of hydrogen-bond acceptors (Lipinski definition) is 4. The van der Waals surface area contributed by atoms with Gasteiger partial charge in [-0.25, -0.2) is 18.4 Å². The molecule has 9 heteroatoms. The summed E-state index contributed by atoms with van der Waals surface area (Å²) < 4.78 is 28.9. The average Bonchev–Trinajstić information content (AvgIpc) is 3.27. The summed E-state index contributed by atoms with van der Waals surface area (Å²) in [6.07, 6.45) is 0.753. The number of nitrogens with one attached hydrogen (secondary N) is 1. The molecule has 0 unspecified atom stereocenters. The Balaban J connectivity index is 1.41. The van der Waals surface area contributed by atoms with E-state index in [1.165, 1.54) is 10.7 Å². The fourth-order valence-electron chi connectivity index (χ4n) is 3.08. The topological polar surface area (TPSA) is 77.6 Å². The molecular formula is C19H20F2N6O. The Labute approximate surface area is 160 Å². The number of benzene rings is 1. The monoisotopic (exact) mass is 386 g/mol. The van der Waals surface area contributed by atoms with E-state index in [0.29, 0.717) is 12.2 Å². The zero-order valence-corrected chi connectivity index (χ0v) is 15.3. The van der Waals surface area contributed by atoms with Crippen LogP contribution in [0.2, 0.25) is 0 Å². The first-order valence-corrected chi connectivity index (χ1v) is 9.09. The number of nitrogens with zero attached hydrogens (tertiary/aromatic N) is 5. The fourth-order valence-corrected chi connectivity index (χ4v) is 3.08. The summed E-state index contributed by atoms with van der Waals surface area (Å²) in [6.45, 7) is 2.41. The van der Waals surface area contributed by atoms with Gasteiger partial charge in [0, 0.05) is 11.6 Å². The molecular weight excluding hydrogens is 366 g/mol. The van der Waals surface area contributed by atoms with E-state index in [2.05, 4.69) is 20.5 Å². The molecule has 2 heterocycles. The second-order valence-corrected chi connectivity index (χ2v) is 6.97. The first-order chi connectivity index (χ1) is 13.5. The third kappa shape index (κ3) is 4.08. The minimum Gasteiger partial charge on any atom is -0.292 e. The van der Waals surface area contributed by atoms with Gasteiger partial charge in [-0.2, -0.15) is 5.10 Å². The zero-order chi connectivity index (χ0) is 19.7. The van der Waals surface area contributed by atoms with Gasteiger partial charge >= 0.3 is 0 Å². The number of alkyl halides is 2. The number of halogens is 2. The molecule has 0 aliphatic heterocycles. The quantitative estimate of drug-likeness (QED) is 0.676. The van der Waals surface area contributed by atoms with Gasteiger partial charge in [-0.3, -0.25) is 14.8 Å². The van der Waals surface area contributed by atoms with Gasteiger partial charge in [0.2, 0.25) is 11.9 Å². The molecule has 0 radical (unpaired) electrons. The standard InChI is InChI=1S/C19H20F2N6O/c1-12-4-2-3-5-14(12)9-26-11-22-19(25-26)23-17(28)10-27-16(13-6-7-13)8-15(24-27)18(20)21/h2-5,8,11,13,18H,6-7,9-10H2,1H3,(H,23,25,28). The molecule has 146 valence electrons. The van der Waals surface area contributed by atoms with Crippen LogP contribution >= 0.6 is 0 Å². The highest BCUT2D eigenvalue weighted by atomic mass is 19.3. The molecule has 1 amide bonds. The molecule has 1 saturated carbocycles. The van der Waals surface area contributed by atoms with Gasteiger partial charge in [-0.05, 0) is 37.0 Å². The predicted octanol–water partition coefficient (Wildman–Crippen LogP) is 3.29. The van der Waals surface area contributed by atoms with Crippen LogP contribution in [0, 0.1) is 6.92 Å². The second-order valence-electron chi connectivity index (χ2n) is 6.97. The molecule has 0 atom stereocenters. The molecule has 1 aliphatic carbocycles. The normalized spacial score (nSPS) is 13.9. The molecule has 1 aromatic carbocycles. The van der Waals surface area contributed by atoms with E-state index in [-0.39, 0.29) is 24.1 Å². The Hall–Kier alpha value is -3.10. The van der Waals surface area contributed by atoms with Crippen molar-refractivity contribution in [2.75, 3.05) is 5.32 Å². The van der Waals surface area contributed by atoms with Crippen LogP contribution in [0.5, 0.6) is 0 Å². The molecule has 3 aromatic rings. The maximum Gasteiger partial charge on any atom is 0.282 e. The summed E-state index contributed by atoms with van der Waals surface area (Å²) in [7, 11) is 0. The van der Waals surface area contributed by atoms with E-state index in [4.69, 9.17) is 0 Å². The van der Waals surface area contributed by atoms with Crippen molar-refractivity contribution in [3.8, 4) is 0 Å². The largest absolute Gasteiger partial charge is 0.292 e. The third-order valence-electron chi connectivity index (χ3n) is 4.72. The Morgan fingerprint density at radius 1 is 1.29 bits per heavy atom. The number of rotatable bonds is 7. The van der Waals surface area contributed by atoms with Crippen molar-refractivity contribution >= 4 is 11.9 Å². The van der Waals surface area contributed by atoms with E-state index < -0.39 is 12.3 Å². The van der Waals surface area contributed by atoms with Gasteiger partial charge < -0.3 is 0 Å². The van der Waals surface area contributed by atoms with Crippen LogP contribution in [0.15, 0.2) is 36.7 Å². The lowest BCUT2D eigenvalue weighted by atomic mass is 10.1. The molecule has 2 aromatic heterocycles. The summed E-state index contributed by atoms with van der Waals surface area (Å²) >= 11 is 0. The van der Waals surface area contributed by atoms with Crippen molar-refractivity contribution in [1.29, 1.82) is 0 Å². The maximum atomic E-state index is 12.9. The Bertz CT molecular complexity index is 992. The number of amides is 1. The Kier molecular flexibility index (Phi) is 4.89. The Morgan fingerprint density at radius 3 is 2.79 bits per heavy atom. The number of carbonyl (C=O) groups is 1. The SMILES string of the molecule is Cc1ccccc1Cn1cnc(NC(=O)Cn2nc(C(F)F)cc2C2CC2)n1. The van der Waals surface area contributed by atoms with Crippen molar-refractivity contribution in [3.63, 3.8) is 0 Å². The number of aromatic nitrogens is 5. The van der Waals surface area contributed by atoms with E-state index in [9.17, 15) is 13.6 Å². The van der Waals surface area contributed by atoms with Crippen LogP contribution in [0.4, 0.5) is 14.7 Å². The van der Waals surface area contributed by atoms with Crippen LogP contribution in [0.3, 0.4) is 0 Å². The summed E-state index contributed by atoms with van der Waals surface area (Å²) in [5, 5.41) is 10.7. The molecule has 28 heavy (non-hydrogen) atoms. The van der Waals surface area contributed by atoms with Gasteiger partial charge in [0.1, 0.15) is 18.6 Å². The van der Waals surface area contributed by atoms with Crippen molar-refractivity contribution in [2.24, 2.45) is 0 Å². The molecule has 1 fully saturated rings. The third-order valence-corrected chi connectivity index (χ3v) is 4.72. The van der Waals surface area contributed by atoms with E-state index in [0.717, 1.165) is 24.0 Å². The van der Waals surface area contributed by atoms with Crippen LogP contribution in [0.25, 0.3) is 0 Å². The van der Waals surface area contributed by atoms with Crippen LogP contribution < -0.4 is 5.32 Å².